The topological polar surface area (TPSA) is 66.6 Å². The summed E-state index contributed by atoms with van der Waals surface area (Å²) >= 11 is 0. The van der Waals surface area contributed by atoms with Crippen LogP contribution in [0.5, 0.6) is 0 Å². The Morgan fingerprint density at radius 1 is 1.17 bits per heavy atom. The molecule has 0 unspecified atom stereocenters. The van der Waals surface area contributed by atoms with E-state index in [4.69, 9.17) is 4.74 Å². The third-order valence-electron chi connectivity index (χ3n) is 8.34. The molecule has 2 saturated heterocycles. The maximum absolute atomic E-state index is 14.2. The smallest absolute Gasteiger partial charge is 0.379 e. The molecule has 0 spiro atoms. The van der Waals surface area contributed by atoms with E-state index in [-0.39, 0.29) is 37.1 Å². The van der Waals surface area contributed by atoms with Crippen LogP contribution in [0.4, 0.5) is 22.0 Å². The van der Waals surface area contributed by atoms with Gasteiger partial charge in [0, 0.05) is 56.2 Å². The molecule has 0 aliphatic carbocycles. The quantitative estimate of drug-likeness (QED) is 0.311. The molecule has 3 aliphatic heterocycles. The van der Waals surface area contributed by atoms with Crippen molar-refractivity contribution < 1.29 is 31.3 Å². The van der Waals surface area contributed by atoms with Crippen molar-refractivity contribution in [3.63, 3.8) is 0 Å². The molecule has 1 atom stereocenters. The first-order valence-electron chi connectivity index (χ1n) is 13.3. The van der Waals surface area contributed by atoms with E-state index in [1.165, 1.54) is 23.9 Å². The Bertz CT molecular complexity index is 1600. The molecule has 0 bridgehead atoms. The molecule has 3 aromatic rings. The van der Waals surface area contributed by atoms with E-state index in [1.54, 1.807) is 29.4 Å². The van der Waals surface area contributed by atoms with Crippen molar-refractivity contribution >= 4 is 11.9 Å². The molecule has 1 radical (unpaired) electrons. The number of hydrogen-bond acceptors (Lipinski definition) is 5. The van der Waals surface area contributed by atoms with Crippen molar-refractivity contribution in [2.75, 3.05) is 33.4 Å². The first kappa shape index (κ1) is 27.7. The largest absolute Gasteiger partial charge is 0.418 e. The SMILES string of the molecule is C[C@H]1CN(Cc2cc(C(F)(F)F)c3cn(-c4cccc(C5(C[C]6N=NC=[N+]6C)COC5)c4)c(=O)n3c2)CCC1(F)F. The third kappa shape index (κ3) is 4.99. The Labute approximate surface area is 232 Å². The Kier molecular flexibility index (Phi) is 6.64. The van der Waals surface area contributed by atoms with Crippen molar-refractivity contribution in [2.24, 2.45) is 16.1 Å². The van der Waals surface area contributed by atoms with Crippen molar-refractivity contribution in [2.45, 2.75) is 43.8 Å². The van der Waals surface area contributed by atoms with Crippen LogP contribution in [0, 0.1) is 12.1 Å². The molecule has 3 aliphatic rings. The first-order chi connectivity index (χ1) is 19.4. The Hall–Kier alpha value is -3.45. The lowest BCUT2D eigenvalue weighted by Gasteiger charge is -2.42. The summed E-state index contributed by atoms with van der Waals surface area (Å²) < 4.78 is 80.1. The van der Waals surface area contributed by atoms with Gasteiger partial charge < -0.3 is 4.74 Å². The van der Waals surface area contributed by atoms with Gasteiger partial charge in [-0.05, 0) is 34.4 Å². The van der Waals surface area contributed by atoms with Gasteiger partial charge in [0.05, 0.1) is 42.1 Å². The van der Waals surface area contributed by atoms with Crippen molar-refractivity contribution in [1.82, 2.24) is 13.9 Å². The van der Waals surface area contributed by atoms with Crippen LogP contribution in [-0.4, -0.2) is 64.1 Å². The zero-order valence-electron chi connectivity index (χ0n) is 22.5. The van der Waals surface area contributed by atoms with E-state index in [1.807, 2.05) is 17.7 Å². The van der Waals surface area contributed by atoms with Gasteiger partial charge >= 0.3 is 24.4 Å². The van der Waals surface area contributed by atoms with Crippen LogP contribution >= 0.6 is 0 Å². The number of nitrogens with zero attached hydrogens (tertiary/aromatic N) is 6. The van der Waals surface area contributed by atoms with Crippen LogP contribution in [0.1, 0.15) is 36.5 Å². The van der Waals surface area contributed by atoms with Gasteiger partial charge in [0.2, 0.25) is 0 Å². The lowest BCUT2D eigenvalue weighted by Crippen LogP contribution is -2.48. The molecule has 1 aromatic carbocycles. The third-order valence-corrected chi connectivity index (χ3v) is 8.34. The van der Waals surface area contributed by atoms with Gasteiger partial charge in [-0.25, -0.2) is 18.2 Å². The molecular weight excluding hydrogens is 547 g/mol. The van der Waals surface area contributed by atoms with Crippen molar-refractivity contribution in [1.29, 1.82) is 0 Å². The molecule has 8 nitrogen and oxygen atoms in total. The number of rotatable bonds is 6. The van der Waals surface area contributed by atoms with Crippen LogP contribution in [-0.2, 0) is 22.9 Å². The fourth-order valence-corrected chi connectivity index (χ4v) is 5.79. The lowest BCUT2D eigenvalue weighted by molar-refractivity contribution is -0.478. The van der Waals surface area contributed by atoms with E-state index >= 15 is 0 Å². The molecule has 0 N–H and O–H groups in total. The summed E-state index contributed by atoms with van der Waals surface area (Å²) in [6.07, 6.45) is 0.400. The summed E-state index contributed by atoms with van der Waals surface area (Å²) in [4.78, 5) is 15.2. The number of pyridine rings is 1. The summed E-state index contributed by atoms with van der Waals surface area (Å²) in [5.41, 5.74) is -0.784. The van der Waals surface area contributed by atoms with Crippen molar-refractivity contribution in [3.05, 3.63) is 76.1 Å². The number of benzene rings is 1. The average molecular weight is 577 g/mol. The summed E-state index contributed by atoms with van der Waals surface area (Å²) in [7, 11) is 1.85. The highest BCUT2D eigenvalue weighted by atomic mass is 19.4. The summed E-state index contributed by atoms with van der Waals surface area (Å²) in [5.74, 6) is -3.73. The van der Waals surface area contributed by atoms with Gasteiger partial charge in [-0.2, -0.15) is 13.2 Å². The minimum atomic E-state index is -4.73. The summed E-state index contributed by atoms with van der Waals surface area (Å²) in [6.45, 7) is 2.42. The maximum atomic E-state index is 14.2. The van der Waals surface area contributed by atoms with Gasteiger partial charge in [0.15, 0.2) is 0 Å². The van der Waals surface area contributed by atoms with Gasteiger partial charge in [-0.1, -0.05) is 19.1 Å². The van der Waals surface area contributed by atoms with E-state index in [2.05, 4.69) is 10.2 Å². The average Bonchev–Trinajstić information content (AvgIpc) is 3.45. The highest BCUT2D eigenvalue weighted by molar-refractivity contribution is 5.58. The minimum absolute atomic E-state index is 0.0249. The predicted molar refractivity (Wildman–Crippen MR) is 139 cm³/mol. The molecule has 0 amide bonds. The number of halogens is 5. The predicted octanol–water partition coefficient (Wildman–Crippen LogP) is 4.87. The van der Waals surface area contributed by atoms with E-state index < -0.39 is 34.7 Å². The zero-order chi connectivity index (χ0) is 29.2. The molecule has 13 heteroatoms. The lowest BCUT2D eigenvalue weighted by atomic mass is 9.75. The Morgan fingerprint density at radius 3 is 2.59 bits per heavy atom. The number of ether oxygens (including phenoxy) is 1. The van der Waals surface area contributed by atoms with Crippen LogP contribution in [0.2, 0.25) is 0 Å². The molecule has 2 aromatic heterocycles. The molecule has 217 valence electrons. The number of piperidine rings is 1. The fraction of sp³-hybridized carbons (Fsp3) is 0.464. The minimum Gasteiger partial charge on any atom is -0.379 e. The molecule has 0 saturated carbocycles. The van der Waals surface area contributed by atoms with Crippen LogP contribution < -0.4 is 5.69 Å². The Balaban J connectivity index is 1.36. The number of aromatic nitrogens is 2. The number of imidazole rings is 1. The molecule has 2 fully saturated rings. The highest BCUT2D eigenvalue weighted by Crippen LogP contribution is 2.41. The first-order valence-corrected chi connectivity index (χ1v) is 13.3. The van der Waals surface area contributed by atoms with Crippen LogP contribution in [0.15, 0.2) is 57.7 Å². The molecule has 41 heavy (non-hydrogen) atoms. The van der Waals surface area contributed by atoms with Gasteiger partial charge in [-0.3, -0.25) is 13.9 Å². The second-order valence-electron chi connectivity index (χ2n) is 11.3. The van der Waals surface area contributed by atoms with Crippen LogP contribution in [0.3, 0.4) is 0 Å². The van der Waals surface area contributed by atoms with E-state index in [0.29, 0.717) is 25.3 Å². The highest BCUT2D eigenvalue weighted by Gasteiger charge is 2.46. The van der Waals surface area contributed by atoms with Gasteiger partial charge in [0.25, 0.3) is 5.92 Å². The number of likely N-dealkylation sites (tertiary alicyclic amines) is 1. The van der Waals surface area contributed by atoms with E-state index in [0.717, 1.165) is 22.2 Å². The van der Waals surface area contributed by atoms with Gasteiger partial charge in [0.1, 0.15) is 0 Å². The zero-order valence-corrected chi connectivity index (χ0v) is 22.5. The fourth-order valence-electron chi connectivity index (χ4n) is 5.79. The maximum Gasteiger partial charge on any atom is 0.418 e. The molecule has 6 rings (SSSR count). The number of azo groups is 1. The summed E-state index contributed by atoms with van der Waals surface area (Å²) in [5, 5.41) is 8.11. The summed E-state index contributed by atoms with van der Waals surface area (Å²) in [6, 6.07) is 8.15. The van der Waals surface area contributed by atoms with E-state index in [9.17, 15) is 26.7 Å². The second-order valence-corrected chi connectivity index (χ2v) is 11.3. The number of fused-ring (bicyclic) bond motifs is 1. The van der Waals surface area contributed by atoms with Crippen LogP contribution in [0.25, 0.3) is 11.2 Å². The Morgan fingerprint density at radius 2 is 1.95 bits per heavy atom. The van der Waals surface area contributed by atoms with Gasteiger partial charge in [-0.15, -0.1) is 0 Å². The number of hydrogen-bond donors (Lipinski definition) is 0. The van der Waals surface area contributed by atoms with Crippen molar-refractivity contribution in [3.8, 4) is 5.69 Å². The molecular formula is C28H29F5N6O2+. The molecule has 5 heterocycles. The standard InChI is InChI=1S/C28H29F5N6O2/c1-18-11-37(7-6-27(18,29)30)12-19-8-22(28(31,32)33)23-14-38(25(40)39(23)13-19)21-5-3-4-20(9-21)26(15-41-16-26)10-24-35-34-17-36(24)2/h3-5,8-9,13-14,17-18H,6-7,10-12,15-16H2,1-2H3/q+1/t18-/m0/s1. The second kappa shape index (κ2) is 9.83. The number of alkyl halides is 5. The monoisotopic (exact) mass is 576 g/mol. The normalized spacial score (nSPS) is 22.7.